The van der Waals surface area contributed by atoms with E-state index in [0.717, 1.165) is 58.1 Å². The monoisotopic (exact) mass is 636 g/mol. The molecule has 1 aliphatic carbocycles. The predicted octanol–water partition coefficient (Wildman–Crippen LogP) is 8.32. The van der Waals surface area contributed by atoms with Crippen LogP contribution in [0.1, 0.15) is 105 Å². The third-order valence-corrected chi connectivity index (χ3v) is 9.26. The molecule has 2 atom stereocenters. The molecule has 4 aromatic rings. The molecule has 2 heterocycles. The Balaban J connectivity index is 1.25. The van der Waals surface area contributed by atoms with Gasteiger partial charge in [0.2, 0.25) is 11.8 Å². The molecule has 2 aromatic heterocycles. The van der Waals surface area contributed by atoms with Crippen molar-refractivity contribution >= 4 is 11.8 Å². The largest absolute Gasteiger partial charge is 0.354 e. The van der Waals surface area contributed by atoms with Crippen molar-refractivity contribution in [3.05, 3.63) is 72.6 Å². The van der Waals surface area contributed by atoms with Crippen molar-refractivity contribution in [2.45, 2.75) is 111 Å². The minimum Gasteiger partial charge on any atom is -0.354 e. The van der Waals surface area contributed by atoms with E-state index in [1.54, 1.807) is 0 Å². The van der Waals surface area contributed by atoms with E-state index in [1.165, 1.54) is 0 Å². The van der Waals surface area contributed by atoms with Crippen molar-refractivity contribution in [2.24, 2.45) is 11.8 Å². The summed E-state index contributed by atoms with van der Waals surface area (Å²) >= 11 is 0. The highest BCUT2D eigenvalue weighted by molar-refractivity contribution is 5.78. The Hall–Kier alpha value is -4.20. The Morgan fingerprint density at radius 3 is 1.51 bits per heavy atom. The zero-order chi connectivity index (χ0) is 33.8. The average molecular weight is 637 g/mol. The first-order valence-electron chi connectivity index (χ1n) is 17.3. The summed E-state index contributed by atoms with van der Waals surface area (Å²) in [5, 5.41) is 3.00. The van der Waals surface area contributed by atoms with Gasteiger partial charge in [-0.25, -0.2) is 9.97 Å². The fourth-order valence-corrected chi connectivity index (χ4v) is 6.46. The van der Waals surface area contributed by atoms with Gasteiger partial charge in [-0.3, -0.25) is 9.59 Å². The number of hydrogen-bond donors (Lipinski definition) is 3. The topological polar surface area (TPSA) is 107 Å². The molecule has 0 radical (unpaired) electrons. The third-order valence-electron chi connectivity index (χ3n) is 9.26. The van der Waals surface area contributed by atoms with Crippen LogP contribution in [0.5, 0.6) is 0 Å². The number of imidazole rings is 2. The summed E-state index contributed by atoms with van der Waals surface area (Å²) in [6, 6.07) is 17.7. The number of nitrogens with one attached hydrogen (secondary N) is 3. The van der Waals surface area contributed by atoms with Crippen LogP contribution < -0.4 is 5.32 Å². The smallest absolute Gasteiger partial charge is 0.223 e. The SMILES string of the molecule is CC(C)NC(=O)C[C@H](c1ncc(-c2ccc(-c3ccc(-c4cnc([C@@H](CC(=O)N(C(C)C)C5CC5)C(C)C)[nH]4)cc3)cc2)[nH]1)C(C)C. The summed E-state index contributed by atoms with van der Waals surface area (Å²) in [5.41, 5.74) is 6.26. The number of amides is 2. The molecule has 0 saturated heterocycles. The van der Waals surface area contributed by atoms with Crippen LogP contribution >= 0.6 is 0 Å². The Labute approximate surface area is 280 Å². The maximum Gasteiger partial charge on any atom is 0.223 e. The molecule has 5 rings (SSSR count). The summed E-state index contributed by atoms with van der Waals surface area (Å²) in [5.74, 6) is 2.63. The zero-order valence-corrected chi connectivity index (χ0v) is 29.3. The molecule has 2 aromatic carbocycles. The van der Waals surface area contributed by atoms with Gasteiger partial charge in [-0.05, 0) is 74.6 Å². The lowest BCUT2D eigenvalue weighted by Crippen LogP contribution is -2.39. The van der Waals surface area contributed by atoms with Gasteiger partial charge in [0, 0.05) is 42.8 Å². The molecule has 0 bridgehead atoms. The number of rotatable bonds is 14. The van der Waals surface area contributed by atoms with Crippen molar-refractivity contribution < 1.29 is 9.59 Å². The Morgan fingerprint density at radius 1 is 0.702 bits per heavy atom. The summed E-state index contributed by atoms with van der Waals surface area (Å²) in [6.07, 6.45) is 6.87. The van der Waals surface area contributed by atoms with Crippen LogP contribution in [0, 0.1) is 11.8 Å². The number of hydrogen-bond acceptors (Lipinski definition) is 4. The van der Waals surface area contributed by atoms with Gasteiger partial charge in [0.1, 0.15) is 11.6 Å². The molecule has 0 unspecified atom stereocenters. The minimum atomic E-state index is 0.0209. The Morgan fingerprint density at radius 2 is 1.13 bits per heavy atom. The van der Waals surface area contributed by atoms with Crippen LogP contribution in [0.4, 0.5) is 0 Å². The second kappa shape index (κ2) is 14.7. The molecular weight excluding hydrogens is 584 g/mol. The van der Waals surface area contributed by atoms with Gasteiger partial charge in [-0.15, -0.1) is 0 Å². The normalized spacial score (nSPS) is 14.6. The van der Waals surface area contributed by atoms with Crippen LogP contribution in [-0.4, -0.2) is 54.8 Å². The second-order valence-electron chi connectivity index (χ2n) is 14.5. The van der Waals surface area contributed by atoms with Gasteiger partial charge < -0.3 is 20.2 Å². The number of benzene rings is 2. The van der Waals surface area contributed by atoms with E-state index in [0.29, 0.717) is 18.9 Å². The maximum atomic E-state index is 13.3. The quantitative estimate of drug-likeness (QED) is 0.129. The second-order valence-corrected chi connectivity index (χ2v) is 14.5. The maximum absolute atomic E-state index is 13.3. The lowest BCUT2D eigenvalue weighted by atomic mass is 9.91. The predicted molar refractivity (Wildman–Crippen MR) is 190 cm³/mol. The van der Waals surface area contributed by atoms with E-state index in [9.17, 15) is 9.59 Å². The van der Waals surface area contributed by atoms with Crippen LogP contribution in [0.15, 0.2) is 60.9 Å². The van der Waals surface area contributed by atoms with Gasteiger partial charge >= 0.3 is 0 Å². The molecule has 8 heteroatoms. The molecule has 1 saturated carbocycles. The molecule has 0 aliphatic heterocycles. The van der Waals surface area contributed by atoms with Crippen molar-refractivity contribution in [1.82, 2.24) is 30.2 Å². The molecule has 0 spiro atoms. The van der Waals surface area contributed by atoms with Crippen molar-refractivity contribution in [2.75, 3.05) is 0 Å². The summed E-state index contributed by atoms with van der Waals surface area (Å²) < 4.78 is 0. The van der Waals surface area contributed by atoms with E-state index >= 15 is 0 Å². The standard InChI is InChI=1S/C39H52N6O2/c1-23(2)32(19-36(46)42-25(5)6)38-40-21-34(43-38)29-13-9-27(10-14-29)28-11-15-30(16-12-28)35-22-41-39(44-35)33(24(3)4)20-37(47)45(26(7)8)31-17-18-31/h9-16,21-26,31-33H,17-20H2,1-8H3,(H,40,43)(H,41,44)(H,42,46)/t32-,33-/m0/s1. The average Bonchev–Trinajstić information content (AvgIpc) is 3.51. The third kappa shape index (κ3) is 8.40. The number of aromatic nitrogens is 4. The number of nitrogens with zero attached hydrogens (tertiary/aromatic N) is 3. The molecule has 2 amide bonds. The Kier molecular flexibility index (Phi) is 10.7. The number of H-pyrrole nitrogens is 2. The fourth-order valence-electron chi connectivity index (χ4n) is 6.46. The van der Waals surface area contributed by atoms with Gasteiger partial charge in [0.05, 0.1) is 23.8 Å². The van der Waals surface area contributed by atoms with E-state index in [4.69, 9.17) is 4.98 Å². The first-order valence-corrected chi connectivity index (χ1v) is 17.3. The zero-order valence-electron chi connectivity index (χ0n) is 29.3. The van der Waals surface area contributed by atoms with Crippen molar-refractivity contribution in [3.8, 4) is 33.6 Å². The molecule has 250 valence electrons. The first kappa shape index (κ1) is 34.1. The highest BCUT2D eigenvalue weighted by Crippen LogP contribution is 2.34. The van der Waals surface area contributed by atoms with E-state index in [-0.39, 0.29) is 47.6 Å². The first-order chi connectivity index (χ1) is 22.4. The van der Waals surface area contributed by atoms with Gasteiger partial charge in [0.15, 0.2) is 0 Å². The van der Waals surface area contributed by atoms with Gasteiger partial charge in [0.25, 0.3) is 0 Å². The van der Waals surface area contributed by atoms with Gasteiger partial charge in [-0.1, -0.05) is 76.2 Å². The van der Waals surface area contributed by atoms with Crippen LogP contribution in [0.2, 0.25) is 0 Å². The van der Waals surface area contributed by atoms with E-state index in [1.807, 2.05) is 26.2 Å². The molecular formula is C39H52N6O2. The molecule has 3 N–H and O–H groups in total. The summed E-state index contributed by atoms with van der Waals surface area (Å²) in [4.78, 5) is 44.3. The van der Waals surface area contributed by atoms with Crippen LogP contribution in [0.3, 0.4) is 0 Å². The van der Waals surface area contributed by atoms with Crippen molar-refractivity contribution in [3.63, 3.8) is 0 Å². The number of aromatic amines is 2. The van der Waals surface area contributed by atoms with Crippen LogP contribution in [-0.2, 0) is 9.59 Å². The van der Waals surface area contributed by atoms with Crippen LogP contribution in [0.25, 0.3) is 33.6 Å². The Bertz CT molecular complexity index is 1620. The van der Waals surface area contributed by atoms with Crippen molar-refractivity contribution in [1.29, 1.82) is 0 Å². The highest BCUT2D eigenvalue weighted by atomic mass is 16.2. The highest BCUT2D eigenvalue weighted by Gasteiger charge is 2.36. The molecule has 1 aliphatic rings. The molecule has 1 fully saturated rings. The van der Waals surface area contributed by atoms with Gasteiger partial charge in [-0.2, -0.15) is 0 Å². The minimum absolute atomic E-state index is 0.0209. The van der Waals surface area contributed by atoms with E-state index in [2.05, 4.69) is 115 Å². The lowest BCUT2D eigenvalue weighted by Gasteiger charge is -2.29. The fraction of sp³-hybridized carbons (Fsp3) is 0.487. The van der Waals surface area contributed by atoms with E-state index < -0.39 is 0 Å². The summed E-state index contributed by atoms with van der Waals surface area (Å²) in [6.45, 7) is 16.8. The molecule has 8 nitrogen and oxygen atoms in total. The summed E-state index contributed by atoms with van der Waals surface area (Å²) in [7, 11) is 0. The molecule has 47 heavy (non-hydrogen) atoms. The number of carbonyl (C=O) groups excluding carboxylic acids is 2. The lowest BCUT2D eigenvalue weighted by molar-refractivity contribution is -0.134. The number of carbonyl (C=O) groups is 2.